The molecule has 326 valence electrons. The van der Waals surface area contributed by atoms with Gasteiger partial charge in [-0.05, 0) is 24.3 Å². The number of hydrogen-bond acceptors (Lipinski definition) is 0. The molecule has 0 spiro atoms. The maximum atomic E-state index is 2.30. The van der Waals surface area contributed by atoms with Crippen LogP contribution < -0.4 is 32.8 Å². The fraction of sp³-hybridized carbons (Fsp3) is 0.200. The van der Waals surface area contributed by atoms with Crippen molar-refractivity contribution in [1.82, 2.24) is 0 Å². The third-order valence-corrected chi connectivity index (χ3v) is 15.5. The summed E-state index contributed by atoms with van der Waals surface area (Å²) in [6.45, 7) is 4.56. The first kappa shape index (κ1) is 47.7. The summed E-state index contributed by atoms with van der Waals surface area (Å²) in [5.41, 5.74) is 8.66. The predicted molar refractivity (Wildman–Crippen MR) is 287 cm³/mol. The van der Waals surface area contributed by atoms with Crippen LogP contribution in [0.15, 0.2) is 252 Å². The highest BCUT2D eigenvalue weighted by molar-refractivity contribution is 7.96. The Balaban J connectivity index is 0.000000161. The second-order valence-electron chi connectivity index (χ2n) is 18.3. The van der Waals surface area contributed by atoms with E-state index < -0.39 is 12.3 Å². The Hall–Kier alpha value is -5.80. The van der Waals surface area contributed by atoms with Gasteiger partial charge < -0.3 is 0 Å². The molecule has 0 atom stereocenters. The van der Waals surface area contributed by atoms with E-state index >= 15 is 0 Å². The summed E-state index contributed by atoms with van der Waals surface area (Å²) in [4.78, 5) is 2.86. The zero-order valence-electron chi connectivity index (χ0n) is 39.1. The summed E-state index contributed by atoms with van der Waals surface area (Å²) < 4.78 is 0.979. The number of rotatable bonds is 16. The molecule has 0 heterocycles. The van der Waals surface area contributed by atoms with Crippen molar-refractivity contribution in [2.45, 2.75) is 62.0 Å². The van der Waals surface area contributed by atoms with Crippen molar-refractivity contribution in [2.24, 2.45) is 0 Å². The normalized spacial score (nSPS) is 11.5. The Kier molecular flexibility index (Phi) is 18.1. The number of unbranched alkanes of at least 4 members (excludes halogenated alkanes) is 2. The van der Waals surface area contributed by atoms with Gasteiger partial charge in [0.05, 0.1) is 33.4 Å². The lowest BCUT2D eigenvalue weighted by Crippen LogP contribution is -2.66. The molecule has 8 aromatic carbocycles. The van der Waals surface area contributed by atoms with Crippen LogP contribution in [0.4, 0.5) is 0 Å². The minimum atomic E-state index is -0.913. The quantitative estimate of drug-likeness (QED) is 0.0516. The minimum absolute atomic E-state index is 0.152. The second kappa shape index (κ2) is 24.3. The van der Waals surface area contributed by atoms with Crippen LogP contribution >= 0.6 is 0 Å². The molecule has 0 saturated heterocycles. The summed E-state index contributed by atoms with van der Waals surface area (Å²) in [6, 6.07) is 88.0. The maximum absolute atomic E-state index is 2.30. The Morgan fingerprint density at radius 2 is 0.516 bits per heavy atom. The first-order chi connectivity index (χ1) is 31.3. The van der Waals surface area contributed by atoms with Gasteiger partial charge in [-0.2, -0.15) is 45.4 Å². The molecule has 0 radical (unpaired) electrons. The Bertz CT molecular complexity index is 2080. The minimum Gasteiger partial charge on any atom is -0.289 e. The van der Waals surface area contributed by atoms with Gasteiger partial charge >= 0.3 is 0 Å². The largest absolute Gasteiger partial charge is 0.289 e. The van der Waals surface area contributed by atoms with Gasteiger partial charge in [0.25, 0.3) is 0 Å². The van der Waals surface area contributed by atoms with Crippen molar-refractivity contribution >= 4 is 56.0 Å². The molecule has 1 nitrogen and oxygen atoms in total. The van der Waals surface area contributed by atoms with Crippen molar-refractivity contribution in [3.05, 3.63) is 243 Å². The molecule has 0 N–H and O–H groups in total. The van der Waals surface area contributed by atoms with Gasteiger partial charge in [-0.25, -0.2) is 0 Å². The van der Waals surface area contributed by atoms with Crippen LogP contribution in [0.25, 0.3) is 0 Å². The Morgan fingerprint density at radius 3 is 0.703 bits per heavy atom. The molecule has 0 amide bonds. The van der Waals surface area contributed by atoms with Gasteiger partial charge in [0.15, 0.2) is 9.79 Å². The van der Waals surface area contributed by atoms with E-state index in [1.54, 1.807) is 0 Å². The van der Waals surface area contributed by atoms with E-state index in [1.807, 2.05) is 0 Å². The van der Waals surface area contributed by atoms with Crippen LogP contribution in [0.1, 0.15) is 39.5 Å². The van der Waals surface area contributed by atoms with Crippen LogP contribution in [0, 0.1) is 0 Å². The summed E-state index contributed by atoms with van der Waals surface area (Å²) in [7, 11) is 6.92. The lowest BCUT2D eigenvalue weighted by atomic mass is 9.14. The van der Waals surface area contributed by atoms with Crippen molar-refractivity contribution in [3.63, 3.8) is 0 Å². The van der Waals surface area contributed by atoms with Gasteiger partial charge in [-0.3, -0.25) is 4.48 Å². The SMILES string of the molecule is CCCC[B-](c1ccccc1)(c1ccccc1)c1ccccc1.CCCC[B-](c1ccccc1)(c1ccccc1)c1ccccc1.C[N+](C)(C)C[S+](c1ccccc1)c1ccccc1. The van der Waals surface area contributed by atoms with E-state index in [-0.39, 0.29) is 10.9 Å². The molecule has 4 heteroatoms. The molecule has 0 fully saturated rings. The first-order valence-electron chi connectivity index (χ1n) is 23.6. The summed E-state index contributed by atoms with van der Waals surface area (Å²) >= 11 is 0. The number of nitrogens with zero attached hydrogens (tertiary/aromatic N) is 1. The molecular formula is C60H69B2NS. The van der Waals surface area contributed by atoms with E-state index in [1.165, 1.54) is 80.9 Å². The zero-order valence-corrected chi connectivity index (χ0v) is 39.9. The average Bonchev–Trinajstić information content (AvgIpc) is 3.36. The van der Waals surface area contributed by atoms with Gasteiger partial charge in [-0.15, -0.1) is 0 Å². The van der Waals surface area contributed by atoms with Gasteiger partial charge in [0.2, 0.25) is 5.88 Å². The van der Waals surface area contributed by atoms with Crippen molar-refractivity contribution in [1.29, 1.82) is 0 Å². The van der Waals surface area contributed by atoms with E-state index in [2.05, 4.69) is 278 Å². The van der Waals surface area contributed by atoms with Crippen LogP contribution in [0.5, 0.6) is 0 Å². The fourth-order valence-corrected chi connectivity index (χ4v) is 12.0. The Labute approximate surface area is 390 Å². The van der Waals surface area contributed by atoms with E-state index in [0.29, 0.717) is 0 Å². The van der Waals surface area contributed by atoms with Crippen molar-refractivity contribution in [2.75, 3.05) is 27.0 Å². The standard InChI is InChI=1S/2C22H24B.C16H21NS/c2*1-2-3-19-23(20-13-7-4-8-14-20,21-15-9-5-10-16-21)22-17-11-6-12-18-22;1-17(2,3)14-18(15-10-6-4-7-11-15)16-12-8-5-9-13-16/h2*4-18H,2-3,19H2,1H3;4-13H,14H2,1-3H3/q2*-1;+2. The molecule has 0 aliphatic heterocycles. The molecule has 0 aromatic heterocycles. The summed E-state index contributed by atoms with van der Waals surface area (Å²) in [5, 5.41) is 0. The molecule has 0 aliphatic carbocycles. The molecule has 8 rings (SSSR count). The van der Waals surface area contributed by atoms with Crippen molar-refractivity contribution < 1.29 is 4.48 Å². The number of hydrogen-bond donors (Lipinski definition) is 0. The van der Waals surface area contributed by atoms with Gasteiger partial charge in [0, 0.05) is 0 Å². The smallest absolute Gasteiger partial charge is 0.242 e. The predicted octanol–water partition coefficient (Wildman–Crippen LogP) is 11.3. The van der Waals surface area contributed by atoms with Crippen molar-refractivity contribution in [3.8, 4) is 0 Å². The van der Waals surface area contributed by atoms with E-state index in [4.69, 9.17) is 0 Å². The third kappa shape index (κ3) is 12.5. The highest BCUT2D eigenvalue weighted by Gasteiger charge is 2.32. The highest BCUT2D eigenvalue weighted by atomic mass is 32.2. The lowest BCUT2D eigenvalue weighted by Gasteiger charge is -2.43. The Morgan fingerprint density at radius 1 is 0.312 bits per heavy atom. The highest BCUT2D eigenvalue weighted by Crippen LogP contribution is 2.25. The third-order valence-electron chi connectivity index (χ3n) is 12.8. The summed E-state index contributed by atoms with van der Waals surface area (Å²) in [5.74, 6) is 1.13. The first-order valence-corrected chi connectivity index (χ1v) is 25.0. The second-order valence-corrected chi connectivity index (χ2v) is 20.3. The zero-order chi connectivity index (χ0) is 44.9. The number of quaternary nitrogens is 1. The molecule has 0 saturated carbocycles. The average molecular weight is 858 g/mol. The molecular weight excluding hydrogens is 788 g/mol. The van der Waals surface area contributed by atoms with Crippen LogP contribution in [0.2, 0.25) is 12.6 Å². The molecule has 64 heavy (non-hydrogen) atoms. The lowest BCUT2D eigenvalue weighted by molar-refractivity contribution is -0.857. The maximum Gasteiger partial charge on any atom is 0.242 e. The topological polar surface area (TPSA) is 0 Å². The van der Waals surface area contributed by atoms with Gasteiger partial charge in [0.1, 0.15) is 10.9 Å². The van der Waals surface area contributed by atoms with Crippen LogP contribution in [-0.4, -0.2) is 43.8 Å². The van der Waals surface area contributed by atoms with Gasteiger partial charge in [-0.1, -0.05) is 258 Å². The summed E-state index contributed by atoms with van der Waals surface area (Å²) in [6.07, 6.45) is 5.46. The van der Waals surface area contributed by atoms with Crippen LogP contribution in [0.3, 0.4) is 0 Å². The van der Waals surface area contributed by atoms with E-state index in [0.717, 1.165) is 10.4 Å². The molecule has 0 unspecified atom stereocenters. The molecule has 0 aliphatic rings. The van der Waals surface area contributed by atoms with E-state index in [9.17, 15) is 0 Å². The number of benzene rings is 8. The molecule has 8 aromatic rings. The van der Waals surface area contributed by atoms with Crippen LogP contribution in [-0.2, 0) is 10.9 Å². The monoisotopic (exact) mass is 858 g/mol. The fourth-order valence-electron chi connectivity index (χ4n) is 9.71. The molecule has 0 bridgehead atoms.